The molecule has 0 saturated carbocycles. The molecule has 17 heavy (non-hydrogen) atoms. The molecule has 0 spiro atoms. The lowest BCUT2D eigenvalue weighted by atomic mass is 10.0. The highest BCUT2D eigenvalue weighted by molar-refractivity contribution is 14.1. The minimum Gasteiger partial charge on any atom is -0.386 e. The van der Waals surface area contributed by atoms with Crippen LogP contribution in [0.3, 0.4) is 0 Å². The number of aryl methyl sites for hydroxylation is 1. The molecule has 3 heteroatoms. The highest BCUT2D eigenvalue weighted by Crippen LogP contribution is 2.17. The average Bonchev–Trinajstić information content (AvgIpc) is 2.32. The Bertz CT molecular complexity index is 496. The summed E-state index contributed by atoms with van der Waals surface area (Å²) in [7, 11) is 0. The Morgan fingerprint density at radius 3 is 2.59 bits per heavy atom. The van der Waals surface area contributed by atoms with Gasteiger partial charge in [0.25, 0.3) is 0 Å². The Kier molecular flexibility index (Phi) is 4.12. The highest BCUT2D eigenvalue weighted by atomic mass is 127. The number of aliphatic hydroxyl groups is 1. The van der Waals surface area contributed by atoms with Crippen LogP contribution in [0, 0.1) is 10.5 Å². The Morgan fingerprint density at radius 2 is 1.94 bits per heavy atom. The smallest absolute Gasteiger partial charge is 0.1000 e. The predicted molar refractivity (Wildman–Crippen MR) is 76.8 cm³/mol. The number of aliphatic hydroxyl groups excluding tert-OH is 1. The normalized spacial score (nSPS) is 12.4. The van der Waals surface area contributed by atoms with Gasteiger partial charge in [-0.3, -0.25) is 4.98 Å². The summed E-state index contributed by atoms with van der Waals surface area (Å²) in [5.41, 5.74) is 2.99. The molecule has 0 amide bonds. The van der Waals surface area contributed by atoms with E-state index in [1.165, 1.54) is 3.57 Å². The molecular weight excluding hydrogens is 325 g/mol. The van der Waals surface area contributed by atoms with Gasteiger partial charge < -0.3 is 5.11 Å². The van der Waals surface area contributed by atoms with Gasteiger partial charge in [-0.1, -0.05) is 12.1 Å². The van der Waals surface area contributed by atoms with Crippen LogP contribution in [0.15, 0.2) is 42.6 Å². The van der Waals surface area contributed by atoms with Crippen LogP contribution in [0.5, 0.6) is 0 Å². The summed E-state index contributed by atoms with van der Waals surface area (Å²) >= 11 is 2.27. The van der Waals surface area contributed by atoms with Crippen LogP contribution < -0.4 is 0 Å². The van der Waals surface area contributed by atoms with E-state index in [9.17, 15) is 5.11 Å². The Hall–Kier alpha value is -0.940. The van der Waals surface area contributed by atoms with Crippen LogP contribution in [0.4, 0.5) is 0 Å². The van der Waals surface area contributed by atoms with Gasteiger partial charge in [0.05, 0.1) is 11.8 Å². The lowest BCUT2D eigenvalue weighted by Gasteiger charge is -2.10. The van der Waals surface area contributed by atoms with Gasteiger partial charge in [-0.2, -0.15) is 0 Å². The average molecular weight is 339 g/mol. The fourth-order valence-electron chi connectivity index (χ4n) is 1.69. The molecule has 0 saturated heterocycles. The zero-order chi connectivity index (χ0) is 12.3. The van der Waals surface area contributed by atoms with Gasteiger partial charge in [-0.25, -0.2) is 0 Å². The lowest BCUT2D eigenvalue weighted by molar-refractivity contribution is 0.173. The Labute approximate surface area is 115 Å². The molecule has 2 aromatic rings. The zero-order valence-corrected chi connectivity index (χ0v) is 11.8. The fourth-order valence-corrected chi connectivity index (χ4v) is 2.05. The van der Waals surface area contributed by atoms with Crippen molar-refractivity contribution in [3.8, 4) is 0 Å². The maximum atomic E-state index is 10.1. The van der Waals surface area contributed by atoms with Gasteiger partial charge in [0.15, 0.2) is 0 Å². The van der Waals surface area contributed by atoms with E-state index >= 15 is 0 Å². The predicted octanol–water partition coefficient (Wildman–Crippen LogP) is 3.27. The second-order valence-corrected chi connectivity index (χ2v) is 5.35. The van der Waals surface area contributed by atoms with Crippen molar-refractivity contribution in [2.75, 3.05) is 0 Å². The van der Waals surface area contributed by atoms with Crippen molar-refractivity contribution < 1.29 is 5.11 Å². The fraction of sp³-hybridized carbons (Fsp3) is 0.214. The summed E-state index contributed by atoms with van der Waals surface area (Å²) in [5.74, 6) is 0. The topological polar surface area (TPSA) is 33.1 Å². The minimum atomic E-state index is -0.532. The molecule has 0 aliphatic heterocycles. The quantitative estimate of drug-likeness (QED) is 0.871. The van der Waals surface area contributed by atoms with Crippen LogP contribution in [0.2, 0.25) is 0 Å². The van der Waals surface area contributed by atoms with Crippen LogP contribution in [0.25, 0.3) is 0 Å². The van der Waals surface area contributed by atoms with E-state index in [4.69, 9.17) is 0 Å². The zero-order valence-electron chi connectivity index (χ0n) is 9.60. The number of rotatable bonds is 3. The first-order valence-electron chi connectivity index (χ1n) is 5.50. The number of pyridine rings is 1. The van der Waals surface area contributed by atoms with E-state index < -0.39 is 6.10 Å². The first-order valence-corrected chi connectivity index (χ1v) is 6.58. The van der Waals surface area contributed by atoms with Gasteiger partial charge in [-0.15, -0.1) is 0 Å². The summed E-state index contributed by atoms with van der Waals surface area (Å²) < 4.78 is 1.20. The molecule has 1 atom stereocenters. The van der Waals surface area contributed by atoms with Crippen molar-refractivity contribution in [3.63, 3.8) is 0 Å². The van der Waals surface area contributed by atoms with E-state index in [0.717, 1.165) is 16.8 Å². The summed E-state index contributed by atoms with van der Waals surface area (Å²) in [4.78, 5) is 4.20. The third kappa shape index (κ3) is 3.51. The molecule has 1 N–H and O–H groups in total. The number of aromatic nitrogens is 1. The summed E-state index contributed by atoms with van der Waals surface area (Å²) in [6.07, 6.45) is 1.81. The van der Waals surface area contributed by atoms with E-state index in [0.29, 0.717) is 6.42 Å². The van der Waals surface area contributed by atoms with Gasteiger partial charge in [0, 0.05) is 16.2 Å². The van der Waals surface area contributed by atoms with Crippen molar-refractivity contribution in [3.05, 3.63) is 63.0 Å². The molecule has 2 rings (SSSR count). The van der Waals surface area contributed by atoms with Gasteiger partial charge in [-0.05, 0) is 64.9 Å². The molecule has 1 heterocycles. The molecule has 1 aromatic heterocycles. The van der Waals surface area contributed by atoms with Crippen molar-refractivity contribution >= 4 is 22.6 Å². The summed E-state index contributed by atoms with van der Waals surface area (Å²) in [5, 5.41) is 10.1. The van der Waals surface area contributed by atoms with Gasteiger partial charge in [0.2, 0.25) is 0 Å². The molecule has 1 unspecified atom stereocenters. The Morgan fingerprint density at radius 1 is 1.24 bits per heavy atom. The molecule has 0 fully saturated rings. The maximum absolute atomic E-state index is 10.1. The van der Waals surface area contributed by atoms with Crippen molar-refractivity contribution in [1.82, 2.24) is 4.98 Å². The molecule has 0 bridgehead atoms. The second kappa shape index (κ2) is 5.60. The minimum absolute atomic E-state index is 0.532. The van der Waals surface area contributed by atoms with Crippen LogP contribution in [-0.4, -0.2) is 10.1 Å². The lowest BCUT2D eigenvalue weighted by Crippen LogP contribution is -2.04. The number of hydrogen-bond donors (Lipinski definition) is 1. The highest BCUT2D eigenvalue weighted by Gasteiger charge is 2.09. The molecule has 0 radical (unpaired) electrons. The number of benzene rings is 1. The molecule has 1 aromatic carbocycles. The largest absolute Gasteiger partial charge is 0.386 e. The van der Waals surface area contributed by atoms with E-state index in [-0.39, 0.29) is 0 Å². The van der Waals surface area contributed by atoms with Gasteiger partial charge in [0.1, 0.15) is 0 Å². The molecular formula is C14H14INO. The number of halogens is 1. The van der Waals surface area contributed by atoms with E-state index in [2.05, 4.69) is 27.6 Å². The molecule has 2 nitrogen and oxygen atoms in total. The van der Waals surface area contributed by atoms with Crippen molar-refractivity contribution in [1.29, 1.82) is 0 Å². The van der Waals surface area contributed by atoms with Crippen LogP contribution in [-0.2, 0) is 6.42 Å². The third-order valence-corrected chi connectivity index (χ3v) is 3.34. The summed E-state index contributed by atoms with van der Waals surface area (Å²) in [6, 6.07) is 12.0. The van der Waals surface area contributed by atoms with Crippen molar-refractivity contribution in [2.24, 2.45) is 0 Å². The standard InChI is InChI=1S/C14H14INO/c1-10-6-7-16-13(8-10)14(17)9-11-2-4-12(15)5-3-11/h2-8,14,17H,9H2,1H3. The summed E-state index contributed by atoms with van der Waals surface area (Å²) in [6.45, 7) is 2.00. The third-order valence-electron chi connectivity index (χ3n) is 2.62. The first kappa shape index (κ1) is 12.5. The van der Waals surface area contributed by atoms with Crippen molar-refractivity contribution in [2.45, 2.75) is 19.4 Å². The Balaban J connectivity index is 2.11. The maximum Gasteiger partial charge on any atom is 0.1000 e. The second-order valence-electron chi connectivity index (χ2n) is 4.10. The van der Waals surface area contributed by atoms with Crippen LogP contribution >= 0.6 is 22.6 Å². The monoisotopic (exact) mass is 339 g/mol. The SMILES string of the molecule is Cc1ccnc(C(O)Cc2ccc(I)cc2)c1. The molecule has 0 aliphatic rings. The number of nitrogens with zero attached hydrogens (tertiary/aromatic N) is 1. The first-order chi connectivity index (χ1) is 8.15. The van der Waals surface area contributed by atoms with E-state index in [1.807, 2.05) is 43.3 Å². The molecule has 88 valence electrons. The van der Waals surface area contributed by atoms with E-state index in [1.54, 1.807) is 6.20 Å². The van der Waals surface area contributed by atoms with Gasteiger partial charge >= 0.3 is 0 Å². The van der Waals surface area contributed by atoms with Crippen LogP contribution in [0.1, 0.15) is 22.9 Å². The molecule has 0 aliphatic carbocycles. The number of hydrogen-bond acceptors (Lipinski definition) is 2.